The molecule has 0 radical (unpaired) electrons. The highest BCUT2D eigenvalue weighted by Gasteiger charge is 2.17. The molecule has 0 aromatic heterocycles. The first-order valence-electron chi connectivity index (χ1n) is 7.45. The molecule has 0 atom stereocenters. The van der Waals surface area contributed by atoms with E-state index in [1.165, 1.54) is 18.4 Å². The fourth-order valence-electron chi connectivity index (χ4n) is 2.53. The monoisotopic (exact) mass is 305 g/mol. The van der Waals surface area contributed by atoms with E-state index in [4.69, 9.17) is 0 Å². The molecule has 1 N–H and O–H groups in total. The summed E-state index contributed by atoms with van der Waals surface area (Å²) in [5.74, 6) is -0.560. The van der Waals surface area contributed by atoms with Crippen LogP contribution in [0.1, 0.15) is 12.0 Å². The van der Waals surface area contributed by atoms with Crippen LogP contribution in [0.15, 0.2) is 24.3 Å². The molecule has 0 spiro atoms. The number of hydrogen-bond donors (Lipinski definition) is 1. The topological polar surface area (TPSA) is 61.9 Å². The molecule has 6 nitrogen and oxygen atoms in total. The average Bonchev–Trinajstić information content (AvgIpc) is 2.70. The maximum absolute atomic E-state index is 11.7. The lowest BCUT2D eigenvalue weighted by Gasteiger charge is -2.20. The molecule has 6 heteroatoms. The lowest BCUT2D eigenvalue weighted by molar-refractivity contribution is -0.141. The SMILES string of the molecule is COC(=O)CNC(=O)CCN1CCN(C)c2ccccc2C1. The normalized spacial score (nSPS) is 14.9. The molecule has 0 unspecified atom stereocenters. The summed E-state index contributed by atoms with van der Waals surface area (Å²) in [6, 6.07) is 8.34. The molecule has 1 aromatic rings. The van der Waals surface area contributed by atoms with Crippen molar-refractivity contribution in [2.24, 2.45) is 0 Å². The van der Waals surface area contributed by atoms with E-state index in [9.17, 15) is 9.59 Å². The number of amides is 1. The van der Waals surface area contributed by atoms with Crippen molar-refractivity contribution >= 4 is 17.6 Å². The van der Waals surface area contributed by atoms with E-state index >= 15 is 0 Å². The fraction of sp³-hybridized carbons (Fsp3) is 0.500. The van der Waals surface area contributed by atoms with Gasteiger partial charge in [-0.05, 0) is 11.6 Å². The molecule has 1 aromatic carbocycles. The molecule has 1 aliphatic rings. The van der Waals surface area contributed by atoms with Gasteiger partial charge in [-0.2, -0.15) is 0 Å². The number of methoxy groups -OCH3 is 1. The average molecular weight is 305 g/mol. The number of esters is 1. The molecule has 22 heavy (non-hydrogen) atoms. The number of nitrogens with zero attached hydrogens (tertiary/aromatic N) is 2. The second-order valence-corrected chi connectivity index (χ2v) is 5.43. The van der Waals surface area contributed by atoms with Crippen molar-refractivity contribution < 1.29 is 14.3 Å². The minimum atomic E-state index is -0.432. The van der Waals surface area contributed by atoms with Gasteiger partial charge in [0, 0.05) is 45.3 Å². The molecular weight excluding hydrogens is 282 g/mol. The molecular formula is C16H23N3O3. The van der Waals surface area contributed by atoms with E-state index in [2.05, 4.69) is 39.0 Å². The lowest BCUT2D eigenvalue weighted by atomic mass is 10.1. The molecule has 2 rings (SSSR count). The molecule has 0 aliphatic carbocycles. The van der Waals surface area contributed by atoms with Crippen molar-refractivity contribution in [2.75, 3.05) is 45.2 Å². The van der Waals surface area contributed by atoms with Gasteiger partial charge in [-0.25, -0.2) is 0 Å². The minimum absolute atomic E-state index is 0.0685. The number of carbonyl (C=O) groups excluding carboxylic acids is 2. The van der Waals surface area contributed by atoms with Crippen LogP contribution in [0.25, 0.3) is 0 Å². The smallest absolute Gasteiger partial charge is 0.325 e. The van der Waals surface area contributed by atoms with Crippen molar-refractivity contribution in [3.8, 4) is 0 Å². The first-order valence-corrected chi connectivity index (χ1v) is 7.45. The van der Waals surface area contributed by atoms with Gasteiger partial charge in [0.1, 0.15) is 6.54 Å². The molecule has 0 saturated carbocycles. The number of para-hydroxylation sites is 1. The number of benzene rings is 1. The number of hydrogen-bond acceptors (Lipinski definition) is 5. The minimum Gasteiger partial charge on any atom is -0.468 e. The Morgan fingerprint density at radius 1 is 1.27 bits per heavy atom. The van der Waals surface area contributed by atoms with E-state index in [1.807, 2.05) is 12.1 Å². The van der Waals surface area contributed by atoms with Gasteiger partial charge in [0.25, 0.3) is 0 Å². The molecule has 0 fully saturated rings. The summed E-state index contributed by atoms with van der Waals surface area (Å²) >= 11 is 0. The van der Waals surface area contributed by atoms with Crippen LogP contribution in [0, 0.1) is 0 Å². The van der Waals surface area contributed by atoms with Gasteiger partial charge in [0.15, 0.2) is 0 Å². The van der Waals surface area contributed by atoms with E-state index in [0.717, 1.165) is 19.6 Å². The van der Waals surface area contributed by atoms with Gasteiger partial charge in [-0.1, -0.05) is 18.2 Å². The number of fused-ring (bicyclic) bond motifs is 1. The molecule has 1 aliphatic heterocycles. The van der Waals surface area contributed by atoms with Gasteiger partial charge < -0.3 is 15.0 Å². The lowest BCUT2D eigenvalue weighted by Crippen LogP contribution is -2.35. The van der Waals surface area contributed by atoms with E-state index in [0.29, 0.717) is 13.0 Å². The first-order chi connectivity index (χ1) is 10.6. The third kappa shape index (κ3) is 4.46. The van der Waals surface area contributed by atoms with Crippen LogP contribution < -0.4 is 10.2 Å². The van der Waals surface area contributed by atoms with Crippen LogP contribution in [0.5, 0.6) is 0 Å². The zero-order chi connectivity index (χ0) is 15.9. The Kier molecular flexibility index (Phi) is 5.77. The summed E-state index contributed by atoms with van der Waals surface area (Å²) in [7, 11) is 3.39. The summed E-state index contributed by atoms with van der Waals surface area (Å²) in [6.07, 6.45) is 0.378. The van der Waals surface area contributed by atoms with E-state index in [1.54, 1.807) is 0 Å². The number of nitrogens with one attached hydrogen (secondary N) is 1. The van der Waals surface area contributed by atoms with Gasteiger partial charge in [0.05, 0.1) is 7.11 Å². The Bertz CT molecular complexity index is 533. The summed E-state index contributed by atoms with van der Waals surface area (Å²) in [4.78, 5) is 27.2. The maximum atomic E-state index is 11.7. The van der Waals surface area contributed by atoms with Crippen molar-refractivity contribution in [2.45, 2.75) is 13.0 Å². The Hall–Kier alpha value is -2.08. The summed E-state index contributed by atoms with van der Waals surface area (Å²) in [5, 5.41) is 2.57. The van der Waals surface area contributed by atoms with Crippen LogP contribution in [-0.4, -0.2) is 57.1 Å². The second kappa shape index (κ2) is 7.79. The van der Waals surface area contributed by atoms with Crippen molar-refractivity contribution in [3.63, 3.8) is 0 Å². The molecule has 120 valence electrons. The molecule has 1 amide bonds. The van der Waals surface area contributed by atoms with Gasteiger partial charge in [-0.15, -0.1) is 0 Å². The summed E-state index contributed by atoms with van der Waals surface area (Å²) in [6.45, 7) is 3.29. The number of anilines is 1. The van der Waals surface area contributed by atoms with E-state index in [-0.39, 0.29) is 12.5 Å². The third-order valence-electron chi connectivity index (χ3n) is 3.86. The van der Waals surface area contributed by atoms with Crippen molar-refractivity contribution in [1.29, 1.82) is 0 Å². The molecule has 0 bridgehead atoms. The van der Waals surface area contributed by atoms with Gasteiger partial charge in [0.2, 0.25) is 5.91 Å². The highest BCUT2D eigenvalue weighted by atomic mass is 16.5. The summed E-state index contributed by atoms with van der Waals surface area (Å²) < 4.78 is 4.49. The first kappa shape index (κ1) is 16.3. The Morgan fingerprint density at radius 3 is 2.82 bits per heavy atom. The Balaban J connectivity index is 1.84. The highest BCUT2D eigenvalue weighted by molar-refractivity contribution is 5.81. The number of ether oxygens (including phenoxy) is 1. The van der Waals surface area contributed by atoms with Crippen LogP contribution in [0.4, 0.5) is 5.69 Å². The quantitative estimate of drug-likeness (QED) is 0.808. The second-order valence-electron chi connectivity index (χ2n) is 5.43. The number of carbonyl (C=O) groups is 2. The molecule has 0 saturated heterocycles. The fourth-order valence-corrected chi connectivity index (χ4v) is 2.53. The van der Waals surface area contributed by atoms with Crippen LogP contribution in [0.2, 0.25) is 0 Å². The Labute approximate surface area is 131 Å². The maximum Gasteiger partial charge on any atom is 0.325 e. The van der Waals surface area contributed by atoms with Crippen LogP contribution in [-0.2, 0) is 20.9 Å². The van der Waals surface area contributed by atoms with Crippen molar-refractivity contribution in [1.82, 2.24) is 10.2 Å². The Morgan fingerprint density at radius 2 is 2.05 bits per heavy atom. The van der Waals surface area contributed by atoms with Crippen LogP contribution in [0.3, 0.4) is 0 Å². The standard InChI is InChI=1S/C16H23N3O3/c1-18-9-10-19(12-13-5-3-4-6-14(13)18)8-7-15(20)17-11-16(21)22-2/h3-6H,7-12H2,1-2H3,(H,17,20). The highest BCUT2D eigenvalue weighted by Crippen LogP contribution is 2.23. The van der Waals surface area contributed by atoms with Crippen LogP contribution >= 0.6 is 0 Å². The summed E-state index contributed by atoms with van der Waals surface area (Å²) in [5.41, 5.74) is 2.53. The predicted molar refractivity (Wildman–Crippen MR) is 84.6 cm³/mol. The van der Waals surface area contributed by atoms with E-state index < -0.39 is 5.97 Å². The molecule has 1 heterocycles. The van der Waals surface area contributed by atoms with Crippen molar-refractivity contribution in [3.05, 3.63) is 29.8 Å². The zero-order valence-electron chi connectivity index (χ0n) is 13.2. The third-order valence-corrected chi connectivity index (χ3v) is 3.86. The largest absolute Gasteiger partial charge is 0.468 e. The van der Waals surface area contributed by atoms with Gasteiger partial charge >= 0.3 is 5.97 Å². The number of rotatable bonds is 5. The zero-order valence-corrected chi connectivity index (χ0v) is 13.2. The van der Waals surface area contributed by atoms with Gasteiger partial charge in [-0.3, -0.25) is 14.5 Å². The number of likely N-dealkylation sites (N-methyl/N-ethyl adjacent to an activating group) is 1. The predicted octanol–water partition coefficient (Wildman–Crippen LogP) is 0.618.